The van der Waals surface area contributed by atoms with Crippen LogP contribution in [0.3, 0.4) is 0 Å². The van der Waals surface area contributed by atoms with Gasteiger partial charge in [-0.3, -0.25) is 0 Å². The van der Waals surface area contributed by atoms with E-state index in [1.165, 1.54) is 41.4 Å². The fourth-order valence-electron chi connectivity index (χ4n) is 13.8. The molecule has 0 aromatic carbocycles. The molecule has 0 heteroatoms. The zero-order valence-electron chi connectivity index (χ0n) is 11.1. The summed E-state index contributed by atoms with van der Waals surface area (Å²) in [6.07, 6.45) is 8.63. The Morgan fingerprint density at radius 2 is 1.72 bits per heavy atom. The van der Waals surface area contributed by atoms with Gasteiger partial charge in [0.05, 0.1) is 0 Å². The zero-order valence-corrected chi connectivity index (χ0v) is 11.1. The highest BCUT2D eigenvalue weighted by Crippen LogP contribution is 3.19. The van der Waals surface area contributed by atoms with Crippen LogP contribution in [0.4, 0.5) is 0 Å². The Labute approximate surface area is 108 Å². The molecule has 0 aromatic heterocycles. The molecule has 0 aliphatic heterocycles. The van der Waals surface area contributed by atoms with E-state index in [0.717, 1.165) is 27.1 Å². The molecule has 0 radical (unpaired) electrons. The van der Waals surface area contributed by atoms with Gasteiger partial charge in [0.25, 0.3) is 0 Å². The summed E-state index contributed by atoms with van der Waals surface area (Å²) in [6.45, 7) is 2.78. The van der Waals surface area contributed by atoms with Crippen LogP contribution in [0, 0.1) is 68.5 Å². The van der Waals surface area contributed by atoms with Crippen molar-refractivity contribution >= 4 is 0 Å². The van der Waals surface area contributed by atoms with Crippen LogP contribution in [0.2, 0.25) is 0 Å². The Morgan fingerprint density at radius 3 is 2.67 bits per heavy atom. The fourth-order valence-corrected chi connectivity index (χ4v) is 13.8. The highest BCUT2D eigenvalue weighted by molar-refractivity contribution is 5.61. The summed E-state index contributed by atoms with van der Waals surface area (Å²) in [5, 5.41) is 0. The molecule has 0 aromatic rings. The maximum atomic E-state index is 2.78. The van der Waals surface area contributed by atoms with Crippen LogP contribution in [0.15, 0.2) is 0 Å². The van der Waals surface area contributed by atoms with Gasteiger partial charge in [0, 0.05) is 0 Å². The molecule has 0 saturated heterocycles. The largest absolute Gasteiger partial charge is 0.0590 e. The molecule has 0 nitrogen and oxygen atoms in total. The van der Waals surface area contributed by atoms with E-state index in [-0.39, 0.29) is 0 Å². The van der Waals surface area contributed by atoms with Gasteiger partial charge in [0.2, 0.25) is 0 Å². The Bertz CT molecular complexity index is 646. The van der Waals surface area contributed by atoms with Crippen LogP contribution in [0.25, 0.3) is 0 Å². The van der Waals surface area contributed by atoms with Crippen molar-refractivity contribution in [3.63, 3.8) is 0 Å². The molecule has 92 valence electrons. The first kappa shape index (κ1) is 7.70. The van der Waals surface area contributed by atoms with Gasteiger partial charge in [-0.25, -0.2) is 0 Å². The lowest BCUT2D eigenvalue weighted by Gasteiger charge is -2.90. The van der Waals surface area contributed by atoms with Gasteiger partial charge in [0.1, 0.15) is 0 Å². The van der Waals surface area contributed by atoms with Crippen molar-refractivity contribution in [2.75, 3.05) is 0 Å². The Balaban J connectivity index is 1.63. The van der Waals surface area contributed by atoms with Gasteiger partial charge in [0.15, 0.2) is 0 Å². The van der Waals surface area contributed by atoms with E-state index in [2.05, 4.69) is 6.92 Å². The summed E-state index contributed by atoms with van der Waals surface area (Å²) in [5.41, 5.74) is 4.86. The second-order valence-electron chi connectivity index (χ2n) is 10.6. The summed E-state index contributed by atoms with van der Waals surface area (Å²) >= 11 is 0. The summed E-state index contributed by atoms with van der Waals surface area (Å²) in [7, 11) is 0. The molecule has 0 amide bonds. The lowest BCUT2D eigenvalue weighted by atomic mass is 9.14. The third-order valence-corrected chi connectivity index (χ3v) is 12.2. The molecular formula is C18H20. The normalized spacial score (nSPS) is 102. The molecule has 9 fully saturated rings. The minimum atomic E-state index is 0.853. The summed E-state index contributed by atoms with van der Waals surface area (Å²) in [6, 6.07) is 0. The monoisotopic (exact) mass is 236 g/mol. The second-order valence-corrected chi connectivity index (χ2v) is 10.6. The van der Waals surface area contributed by atoms with Crippen LogP contribution in [0.5, 0.6) is 0 Å². The van der Waals surface area contributed by atoms with Gasteiger partial charge < -0.3 is 0 Å². The van der Waals surface area contributed by atoms with Crippen LogP contribution in [-0.4, -0.2) is 0 Å². The quantitative estimate of drug-likeness (QED) is 0.605. The van der Waals surface area contributed by atoms with E-state index in [4.69, 9.17) is 0 Å². The first-order valence-corrected chi connectivity index (χ1v) is 8.71. The molecule has 9 aliphatic carbocycles. The first-order chi connectivity index (χ1) is 8.71. The zero-order chi connectivity index (χ0) is 11.1. The molecule has 9 aliphatic rings. The van der Waals surface area contributed by atoms with E-state index in [9.17, 15) is 0 Å². The van der Waals surface area contributed by atoms with Gasteiger partial charge in [-0.2, -0.15) is 0 Å². The van der Waals surface area contributed by atoms with Gasteiger partial charge in [-0.15, -0.1) is 0 Å². The molecule has 6 bridgehead atoms. The van der Waals surface area contributed by atoms with Crippen LogP contribution in [-0.2, 0) is 0 Å². The smallest absolute Gasteiger partial charge is 0.0105 e. The van der Waals surface area contributed by atoms with Crippen LogP contribution < -0.4 is 0 Å². The van der Waals surface area contributed by atoms with Crippen molar-refractivity contribution in [3.05, 3.63) is 0 Å². The minimum Gasteiger partial charge on any atom is -0.0590 e. The molecule has 0 N–H and O–H groups in total. The third kappa shape index (κ3) is 0.263. The average Bonchev–Trinajstić information content (AvgIpc) is 2.73. The molecule has 12 atom stereocenters. The molecular weight excluding hydrogens is 216 g/mol. The Hall–Kier alpha value is 0. The molecule has 3 spiro atoms. The van der Waals surface area contributed by atoms with Crippen molar-refractivity contribution in [2.45, 2.75) is 39.0 Å². The van der Waals surface area contributed by atoms with Crippen LogP contribution in [0.1, 0.15) is 39.0 Å². The highest BCUT2D eigenvalue weighted by atomic mass is 15.2. The molecule has 0 heterocycles. The number of hydrogen-bond acceptors (Lipinski definition) is 0. The maximum Gasteiger partial charge on any atom is -0.0105 e. The Kier molecular flexibility index (Phi) is 0.593. The highest BCUT2D eigenvalue weighted by Gasteiger charge is 3.15. The standard InChI is InChI=1S/C18H20/c1-14-4-10-8-3-12(14)15-5-11-7-2-9-13(14)16(10,6-15)18(7,9)17(8,11)15/h7-13H,2-6H2,1H3. The summed E-state index contributed by atoms with van der Waals surface area (Å²) < 4.78 is 0. The van der Waals surface area contributed by atoms with Gasteiger partial charge in [-0.05, 0) is 101 Å². The predicted molar refractivity (Wildman–Crippen MR) is 65.4 cm³/mol. The molecule has 9 rings (SSSR count). The number of hydrogen-bond donors (Lipinski definition) is 0. The van der Waals surface area contributed by atoms with Crippen molar-refractivity contribution in [3.8, 4) is 0 Å². The first-order valence-electron chi connectivity index (χ1n) is 8.71. The number of fused-ring (bicyclic) bond motifs is 3. The van der Waals surface area contributed by atoms with Crippen molar-refractivity contribution < 1.29 is 0 Å². The van der Waals surface area contributed by atoms with Gasteiger partial charge in [-0.1, -0.05) is 6.92 Å². The van der Waals surface area contributed by atoms with Crippen molar-refractivity contribution in [1.82, 2.24) is 0 Å². The summed E-state index contributed by atoms with van der Waals surface area (Å²) in [4.78, 5) is 0. The van der Waals surface area contributed by atoms with Gasteiger partial charge >= 0.3 is 0 Å². The second kappa shape index (κ2) is 1.39. The topological polar surface area (TPSA) is 0 Å². The van der Waals surface area contributed by atoms with E-state index in [1.807, 2.05) is 0 Å². The fraction of sp³-hybridized carbons (Fsp3) is 1.00. The van der Waals surface area contributed by atoms with E-state index in [0.29, 0.717) is 0 Å². The summed E-state index contributed by atoms with van der Waals surface area (Å²) in [5.74, 6) is 8.81. The van der Waals surface area contributed by atoms with Crippen molar-refractivity contribution in [1.29, 1.82) is 0 Å². The predicted octanol–water partition coefficient (Wildman–Crippen LogP) is 3.32. The lowest BCUT2D eigenvalue weighted by molar-refractivity contribution is -0.436. The van der Waals surface area contributed by atoms with E-state index >= 15 is 0 Å². The van der Waals surface area contributed by atoms with E-state index in [1.54, 1.807) is 32.1 Å². The minimum absolute atomic E-state index is 0.853. The SMILES string of the molecule is CC12CC3C4CC1C15CC6C7CC8C2C3(C1)C87C465. The maximum absolute atomic E-state index is 2.78. The van der Waals surface area contributed by atoms with Crippen LogP contribution >= 0.6 is 0 Å². The number of rotatable bonds is 0. The lowest BCUT2D eigenvalue weighted by Crippen LogP contribution is -2.86. The van der Waals surface area contributed by atoms with Crippen molar-refractivity contribution in [2.24, 2.45) is 68.5 Å². The molecule has 9 saturated carbocycles. The third-order valence-electron chi connectivity index (χ3n) is 12.2. The molecule has 18 heavy (non-hydrogen) atoms. The average molecular weight is 236 g/mol. The van der Waals surface area contributed by atoms with E-state index < -0.39 is 0 Å². The Morgan fingerprint density at radius 1 is 0.833 bits per heavy atom. The molecule has 12 unspecified atom stereocenters.